The van der Waals surface area contributed by atoms with Crippen LogP contribution in [0.3, 0.4) is 0 Å². The molecule has 2 aromatic rings. The Morgan fingerprint density at radius 1 is 1.15 bits per heavy atom. The quantitative estimate of drug-likeness (QED) is 0.590. The van der Waals surface area contributed by atoms with E-state index in [9.17, 15) is 9.59 Å². The minimum atomic E-state index is -1.01. The average molecular weight is 408 g/mol. The van der Waals surface area contributed by atoms with E-state index in [1.807, 2.05) is 0 Å². The van der Waals surface area contributed by atoms with Gasteiger partial charge in [0.25, 0.3) is 5.91 Å². The summed E-state index contributed by atoms with van der Waals surface area (Å²) in [7, 11) is 0. The van der Waals surface area contributed by atoms with Crippen molar-refractivity contribution < 1.29 is 23.8 Å². The molecule has 6 nitrogen and oxygen atoms in total. The van der Waals surface area contributed by atoms with E-state index in [0.717, 1.165) is 6.08 Å². The highest BCUT2D eigenvalue weighted by molar-refractivity contribution is 6.37. The first kappa shape index (κ1) is 19.1. The van der Waals surface area contributed by atoms with E-state index in [-0.39, 0.29) is 6.79 Å². The van der Waals surface area contributed by atoms with Crippen molar-refractivity contribution in [3.63, 3.8) is 0 Å². The number of rotatable bonds is 5. The lowest BCUT2D eigenvalue weighted by molar-refractivity contribution is -0.148. The molecule has 8 heteroatoms. The topological polar surface area (TPSA) is 73.9 Å². The molecule has 0 saturated heterocycles. The van der Waals surface area contributed by atoms with Gasteiger partial charge in [-0.3, -0.25) is 4.79 Å². The van der Waals surface area contributed by atoms with Gasteiger partial charge in [-0.25, -0.2) is 4.79 Å². The molecule has 0 fully saturated rings. The fourth-order valence-corrected chi connectivity index (χ4v) is 2.83. The number of anilines is 1. The highest BCUT2D eigenvalue weighted by Crippen LogP contribution is 2.34. The molecule has 0 bridgehead atoms. The number of carbonyl (C=O) groups is 2. The molecular formula is C19H15Cl2NO5. The Bertz CT molecular complexity index is 893. The lowest BCUT2D eigenvalue weighted by atomic mass is 10.2. The van der Waals surface area contributed by atoms with Crippen LogP contribution in [0, 0.1) is 0 Å². The van der Waals surface area contributed by atoms with Crippen molar-refractivity contribution in [3.05, 3.63) is 58.1 Å². The Kier molecular flexibility index (Phi) is 5.88. The molecule has 27 heavy (non-hydrogen) atoms. The zero-order valence-electron chi connectivity index (χ0n) is 14.2. The van der Waals surface area contributed by atoms with Gasteiger partial charge < -0.3 is 19.5 Å². The normalized spacial score (nSPS) is 13.4. The summed E-state index contributed by atoms with van der Waals surface area (Å²) < 4.78 is 15.6. The van der Waals surface area contributed by atoms with Crippen molar-refractivity contribution in [3.8, 4) is 11.5 Å². The fourth-order valence-electron chi connectivity index (χ4n) is 2.31. The summed E-state index contributed by atoms with van der Waals surface area (Å²) in [6.45, 7) is 1.61. The first-order valence-electron chi connectivity index (χ1n) is 7.97. The summed E-state index contributed by atoms with van der Waals surface area (Å²) >= 11 is 12.1. The fraction of sp³-hybridized carbons (Fsp3) is 0.158. The van der Waals surface area contributed by atoms with E-state index in [0.29, 0.717) is 32.8 Å². The van der Waals surface area contributed by atoms with E-state index in [1.54, 1.807) is 36.4 Å². The minimum absolute atomic E-state index is 0.141. The van der Waals surface area contributed by atoms with Crippen LogP contribution in [0.15, 0.2) is 42.5 Å². The van der Waals surface area contributed by atoms with Crippen LogP contribution in [0.2, 0.25) is 10.0 Å². The van der Waals surface area contributed by atoms with Gasteiger partial charge in [0.1, 0.15) is 0 Å². The predicted octanol–water partition coefficient (Wildman–Crippen LogP) is 4.31. The van der Waals surface area contributed by atoms with Gasteiger partial charge in [-0.05, 0) is 37.3 Å². The van der Waals surface area contributed by atoms with Crippen molar-refractivity contribution in [1.82, 2.24) is 0 Å². The second kappa shape index (κ2) is 8.33. The third-order valence-electron chi connectivity index (χ3n) is 3.69. The summed E-state index contributed by atoms with van der Waals surface area (Å²) in [5.74, 6) is -0.0291. The average Bonchev–Trinajstić information content (AvgIpc) is 3.09. The standard InChI is InChI=1S/C19H15Cl2NO5/c1-11(19(24)22-12-5-7-16-17(9-12)26-10-25-16)27-18(23)8-6-13-14(20)3-2-4-15(13)21/h2-9,11H,10H2,1H3,(H,22,24)/b8-6+/t11-/m0/s1. The van der Waals surface area contributed by atoms with E-state index >= 15 is 0 Å². The van der Waals surface area contributed by atoms with Gasteiger partial charge in [0.05, 0.1) is 0 Å². The van der Waals surface area contributed by atoms with Crippen molar-refractivity contribution in [2.45, 2.75) is 13.0 Å². The molecule has 0 saturated carbocycles. The molecule has 1 atom stereocenters. The molecule has 0 spiro atoms. The lowest BCUT2D eigenvalue weighted by Gasteiger charge is -2.12. The Balaban J connectivity index is 1.57. The molecule has 2 aromatic carbocycles. The number of benzene rings is 2. The van der Waals surface area contributed by atoms with E-state index in [1.165, 1.54) is 13.0 Å². The van der Waals surface area contributed by atoms with Gasteiger partial charge in [0.15, 0.2) is 17.6 Å². The van der Waals surface area contributed by atoms with Crippen LogP contribution in [-0.2, 0) is 14.3 Å². The summed E-state index contributed by atoms with van der Waals surface area (Å²) in [5, 5.41) is 3.46. The van der Waals surface area contributed by atoms with Crippen LogP contribution < -0.4 is 14.8 Å². The second-order valence-corrected chi connectivity index (χ2v) is 6.42. The van der Waals surface area contributed by atoms with Crippen LogP contribution in [0.25, 0.3) is 6.08 Å². The van der Waals surface area contributed by atoms with Crippen molar-refractivity contribution in [1.29, 1.82) is 0 Å². The van der Waals surface area contributed by atoms with Crippen LogP contribution in [0.5, 0.6) is 11.5 Å². The Hall–Kier alpha value is -2.70. The largest absolute Gasteiger partial charge is 0.454 e. The molecule has 1 aliphatic heterocycles. The Morgan fingerprint density at radius 3 is 2.59 bits per heavy atom. The van der Waals surface area contributed by atoms with Crippen LogP contribution in [-0.4, -0.2) is 24.8 Å². The first-order chi connectivity index (χ1) is 12.9. The number of nitrogens with one attached hydrogen (secondary N) is 1. The van der Waals surface area contributed by atoms with Crippen molar-refractivity contribution in [2.24, 2.45) is 0 Å². The number of amides is 1. The summed E-state index contributed by atoms with van der Waals surface area (Å²) in [4.78, 5) is 24.2. The minimum Gasteiger partial charge on any atom is -0.454 e. The maximum absolute atomic E-state index is 12.2. The van der Waals surface area contributed by atoms with Gasteiger partial charge in [-0.15, -0.1) is 0 Å². The molecule has 0 radical (unpaired) electrons. The number of hydrogen-bond donors (Lipinski definition) is 1. The molecule has 1 heterocycles. The molecular weight excluding hydrogens is 393 g/mol. The van der Waals surface area contributed by atoms with Crippen LogP contribution in [0.4, 0.5) is 5.69 Å². The van der Waals surface area contributed by atoms with Gasteiger partial charge >= 0.3 is 5.97 Å². The summed E-state index contributed by atoms with van der Waals surface area (Å²) in [5.41, 5.74) is 1.00. The molecule has 3 rings (SSSR count). The number of fused-ring (bicyclic) bond motifs is 1. The smallest absolute Gasteiger partial charge is 0.331 e. The zero-order valence-corrected chi connectivity index (χ0v) is 15.7. The predicted molar refractivity (Wildman–Crippen MR) is 102 cm³/mol. The second-order valence-electron chi connectivity index (χ2n) is 5.61. The zero-order chi connectivity index (χ0) is 19.4. The molecule has 0 aromatic heterocycles. The third-order valence-corrected chi connectivity index (χ3v) is 4.35. The van der Waals surface area contributed by atoms with Gasteiger partial charge in [-0.1, -0.05) is 29.3 Å². The van der Waals surface area contributed by atoms with Gasteiger partial charge in [0, 0.05) is 33.4 Å². The molecule has 1 aliphatic rings. The number of ether oxygens (including phenoxy) is 3. The highest BCUT2D eigenvalue weighted by atomic mass is 35.5. The SMILES string of the molecule is C[C@H](OC(=O)/C=C/c1c(Cl)cccc1Cl)C(=O)Nc1ccc2c(c1)OCO2. The maximum Gasteiger partial charge on any atom is 0.331 e. The van der Waals surface area contributed by atoms with Crippen molar-refractivity contribution in [2.75, 3.05) is 12.1 Å². The molecule has 0 unspecified atom stereocenters. The highest BCUT2D eigenvalue weighted by Gasteiger charge is 2.19. The number of hydrogen-bond acceptors (Lipinski definition) is 5. The molecule has 1 amide bonds. The summed E-state index contributed by atoms with van der Waals surface area (Å²) in [6.07, 6.45) is 1.60. The Labute approximate surface area is 165 Å². The number of carbonyl (C=O) groups excluding carboxylic acids is 2. The maximum atomic E-state index is 12.2. The van der Waals surface area contributed by atoms with Crippen molar-refractivity contribution >= 4 is 46.8 Å². The Morgan fingerprint density at radius 2 is 1.85 bits per heavy atom. The van der Waals surface area contributed by atoms with Crippen LogP contribution in [0.1, 0.15) is 12.5 Å². The van der Waals surface area contributed by atoms with E-state index in [4.69, 9.17) is 37.4 Å². The molecule has 1 N–H and O–H groups in total. The summed E-state index contributed by atoms with van der Waals surface area (Å²) in [6, 6.07) is 9.99. The molecule has 0 aliphatic carbocycles. The van der Waals surface area contributed by atoms with E-state index in [2.05, 4.69) is 5.32 Å². The first-order valence-corrected chi connectivity index (χ1v) is 8.73. The molecule has 140 valence electrons. The number of esters is 1. The van der Waals surface area contributed by atoms with Crippen LogP contribution >= 0.6 is 23.2 Å². The number of halogens is 2. The van der Waals surface area contributed by atoms with Gasteiger partial charge in [-0.2, -0.15) is 0 Å². The monoisotopic (exact) mass is 407 g/mol. The third kappa shape index (κ3) is 4.72. The van der Waals surface area contributed by atoms with E-state index < -0.39 is 18.0 Å². The van der Waals surface area contributed by atoms with Gasteiger partial charge in [0.2, 0.25) is 6.79 Å². The lowest BCUT2D eigenvalue weighted by Crippen LogP contribution is -2.29.